The number of benzene rings is 1. The van der Waals surface area contributed by atoms with Gasteiger partial charge in [-0.3, -0.25) is 0 Å². The van der Waals surface area contributed by atoms with Crippen LogP contribution in [0.4, 0.5) is 0 Å². The Bertz CT molecular complexity index is 706. The molecule has 2 spiro atoms. The summed E-state index contributed by atoms with van der Waals surface area (Å²) in [5.41, 5.74) is 4.83. The topological polar surface area (TPSA) is 29.5 Å². The smallest absolute Gasteiger partial charge is 0.138 e. The molecule has 2 fully saturated rings. The van der Waals surface area contributed by atoms with Crippen molar-refractivity contribution in [3.63, 3.8) is 0 Å². The van der Waals surface area contributed by atoms with Gasteiger partial charge in [0.05, 0.1) is 0 Å². The molecule has 1 aromatic rings. The summed E-state index contributed by atoms with van der Waals surface area (Å²) in [5.74, 6) is 2.52. The molecule has 2 bridgehead atoms. The molecule has 2 heteroatoms. The first kappa shape index (κ1) is 10.4. The summed E-state index contributed by atoms with van der Waals surface area (Å²) in [7, 11) is 0. The molecule has 6 unspecified atom stereocenters. The molecule has 102 valence electrons. The van der Waals surface area contributed by atoms with Crippen molar-refractivity contribution in [2.24, 2.45) is 17.3 Å². The molecule has 1 heterocycles. The Balaban J connectivity index is 1.74. The first-order valence-corrected chi connectivity index (χ1v) is 7.82. The molecule has 2 nitrogen and oxygen atoms in total. The van der Waals surface area contributed by atoms with E-state index in [9.17, 15) is 5.11 Å². The Hall–Kier alpha value is -1.28. The average molecular weight is 266 g/mol. The molecule has 1 N–H and O–H groups in total. The van der Waals surface area contributed by atoms with Crippen LogP contribution in [0.3, 0.4) is 0 Å². The summed E-state index contributed by atoms with van der Waals surface area (Å²) >= 11 is 0. The van der Waals surface area contributed by atoms with E-state index in [0.29, 0.717) is 11.3 Å². The second kappa shape index (κ2) is 2.71. The monoisotopic (exact) mass is 266 g/mol. The fourth-order valence-electron chi connectivity index (χ4n) is 6.27. The van der Waals surface area contributed by atoms with Crippen molar-refractivity contribution in [3.8, 4) is 5.75 Å². The maximum absolute atomic E-state index is 10.5. The van der Waals surface area contributed by atoms with Crippen molar-refractivity contribution in [2.75, 3.05) is 0 Å². The number of hydrogen-bond donors (Lipinski definition) is 1. The lowest BCUT2D eigenvalue weighted by atomic mass is 9.59. The highest BCUT2D eigenvalue weighted by molar-refractivity contribution is 5.61. The van der Waals surface area contributed by atoms with Crippen LogP contribution in [0.25, 0.3) is 0 Å². The van der Waals surface area contributed by atoms with E-state index < -0.39 is 6.10 Å². The van der Waals surface area contributed by atoms with Gasteiger partial charge in [-0.15, -0.1) is 0 Å². The minimum Gasteiger partial charge on any atom is -0.486 e. The minimum absolute atomic E-state index is 0.0441. The van der Waals surface area contributed by atoms with Gasteiger partial charge in [-0.2, -0.15) is 0 Å². The maximum Gasteiger partial charge on any atom is 0.138 e. The molecule has 0 radical (unpaired) electrons. The molecule has 6 atom stereocenters. The van der Waals surface area contributed by atoms with Crippen LogP contribution in [0.1, 0.15) is 29.5 Å². The highest BCUT2D eigenvalue weighted by atomic mass is 16.5. The molecule has 5 aliphatic rings. The lowest BCUT2D eigenvalue weighted by Crippen LogP contribution is -2.52. The standard InChI is InChI=1S/C18H18O2/c1-9-2-3-10-6-17-7-12(17)11-4-5-13(19)16-18(11,8-17)14(10)15(9)20-16/h2-5,11-13,16,19H,6-8H2,1H3. The van der Waals surface area contributed by atoms with Gasteiger partial charge in [0.2, 0.25) is 0 Å². The first-order valence-electron chi connectivity index (χ1n) is 7.82. The van der Waals surface area contributed by atoms with Crippen molar-refractivity contribution >= 4 is 0 Å². The number of hydrogen-bond acceptors (Lipinski definition) is 2. The number of aliphatic hydroxyl groups excluding tert-OH is 1. The van der Waals surface area contributed by atoms with Crippen LogP contribution < -0.4 is 4.74 Å². The zero-order valence-corrected chi connectivity index (χ0v) is 11.6. The Morgan fingerprint density at radius 1 is 1.30 bits per heavy atom. The van der Waals surface area contributed by atoms with Crippen molar-refractivity contribution < 1.29 is 9.84 Å². The largest absolute Gasteiger partial charge is 0.486 e. The third-order valence-corrected chi connectivity index (χ3v) is 6.95. The summed E-state index contributed by atoms with van der Waals surface area (Å²) in [6.07, 6.45) is 7.68. The van der Waals surface area contributed by atoms with Gasteiger partial charge in [0.1, 0.15) is 18.0 Å². The molecular weight excluding hydrogens is 248 g/mol. The lowest BCUT2D eigenvalue weighted by molar-refractivity contribution is 0.00577. The van der Waals surface area contributed by atoms with E-state index in [1.165, 1.54) is 36.0 Å². The molecular formula is C18H18O2. The highest BCUT2D eigenvalue weighted by Crippen LogP contribution is 2.80. The van der Waals surface area contributed by atoms with Gasteiger partial charge in [0.25, 0.3) is 0 Å². The van der Waals surface area contributed by atoms with Crippen molar-refractivity contribution in [1.29, 1.82) is 0 Å². The molecule has 20 heavy (non-hydrogen) atoms. The molecule has 0 aromatic heterocycles. The fraction of sp³-hybridized carbons (Fsp3) is 0.556. The number of rotatable bonds is 0. The highest BCUT2D eigenvalue weighted by Gasteiger charge is 2.77. The van der Waals surface area contributed by atoms with Crippen molar-refractivity contribution in [3.05, 3.63) is 41.0 Å². The van der Waals surface area contributed by atoms with Gasteiger partial charge in [-0.25, -0.2) is 0 Å². The Labute approximate surface area is 118 Å². The molecule has 0 amide bonds. The van der Waals surface area contributed by atoms with Gasteiger partial charge in [0, 0.05) is 11.0 Å². The predicted molar refractivity (Wildman–Crippen MR) is 74.8 cm³/mol. The van der Waals surface area contributed by atoms with Crippen molar-refractivity contribution in [1.82, 2.24) is 0 Å². The van der Waals surface area contributed by atoms with E-state index in [1.54, 1.807) is 0 Å². The SMILES string of the molecule is Cc1ccc2c3c1OC1C(O)C=CC4C5CC5(C2)CC341. The van der Waals surface area contributed by atoms with Crippen LogP contribution in [0.2, 0.25) is 0 Å². The van der Waals surface area contributed by atoms with E-state index in [-0.39, 0.29) is 11.5 Å². The molecule has 1 aliphatic heterocycles. The summed E-state index contributed by atoms with van der Waals surface area (Å²) in [6.45, 7) is 2.14. The predicted octanol–water partition coefficient (Wildman–Crippen LogP) is 2.51. The van der Waals surface area contributed by atoms with Crippen LogP contribution >= 0.6 is 0 Å². The van der Waals surface area contributed by atoms with Crippen LogP contribution in [0.15, 0.2) is 24.3 Å². The Morgan fingerprint density at radius 3 is 3.10 bits per heavy atom. The number of ether oxygens (including phenoxy) is 1. The zero-order chi connectivity index (χ0) is 13.3. The van der Waals surface area contributed by atoms with Gasteiger partial charge in [0.15, 0.2) is 0 Å². The second-order valence-corrected chi connectivity index (χ2v) is 7.75. The lowest BCUT2D eigenvalue weighted by Gasteiger charge is -2.44. The van der Waals surface area contributed by atoms with Crippen molar-refractivity contribution in [2.45, 2.75) is 43.8 Å². The van der Waals surface area contributed by atoms with E-state index >= 15 is 0 Å². The summed E-state index contributed by atoms with van der Waals surface area (Å²) < 4.78 is 6.33. The van der Waals surface area contributed by atoms with Crippen LogP contribution in [0, 0.1) is 24.2 Å². The van der Waals surface area contributed by atoms with E-state index in [1.807, 2.05) is 6.08 Å². The summed E-state index contributed by atoms with van der Waals surface area (Å²) in [5, 5.41) is 10.5. The quantitative estimate of drug-likeness (QED) is 0.731. The van der Waals surface area contributed by atoms with E-state index in [0.717, 1.165) is 11.7 Å². The molecule has 4 aliphatic carbocycles. The van der Waals surface area contributed by atoms with E-state index in [2.05, 4.69) is 25.1 Å². The van der Waals surface area contributed by atoms with E-state index in [4.69, 9.17) is 4.74 Å². The maximum atomic E-state index is 10.5. The zero-order valence-electron chi connectivity index (χ0n) is 11.6. The fourth-order valence-corrected chi connectivity index (χ4v) is 6.27. The molecule has 1 aromatic carbocycles. The van der Waals surface area contributed by atoms with Gasteiger partial charge >= 0.3 is 0 Å². The Kier molecular flexibility index (Phi) is 1.42. The molecule has 0 saturated heterocycles. The number of allylic oxidation sites excluding steroid dienone is 1. The first-order chi connectivity index (χ1) is 9.66. The van der Waals surface area contributed by atoms with Crippen LogP contribution in [-0.4, -0.2) is 17.3 Å². The molecule has 2 saturated carbocycles. The molecule has 6 rings (SSSR count). The number of aryl methyl sites for hydroxylation is 1. The average Bonchev–Trinajstić information content (AvgIpc) is 2.88. The summed E-state index contributed by atoms with van der Waals surface area (Å²) in [4.78, 5) is 0. The Morgan fingerprint density at radius 2 is 2.20 bits per heavy atom. The number of fused-ring (bicyclic) bond motifs is 1. The second-order valence-electron chi connectivity index (χ2n) is 7.75. The normalized spacial score (nSPS) is 51.5. The third kappa shape index (κ3) is 0.826. The minimum atomic E-state index is -0.446. The third-order valence-electron chi connectivity index (χ3n) is 6.95. The van der Waals surface area contributed by atoms with Crippen LogP contribution in [0.5, 0.6) is 5.75 Å². The number of aliphatic hydroxyl groups is 1. The van der Waals surface area contributed by atoms with Gasteiger partial charge in [-0.1, -0.05) is 24.3 Å². The van der Waals surface area contributed by atoms with Gasteiger partial charge < -0.3 is 9.84 Å². The summed E-state index contributed by atoms with van der Waals surface area (Å²) in [6, 6.07) is 4.53. The van der Waals surface area contributed by atoms with Gasteiger partial charge in [-0.05, 0) is 54.6 Å². The van der Waals surface area contributed by atoms with Crippen LogP contribution in [-0.2, 0) is 11.8 Å².